The fourth-order valence-corrected chi connectivity index (χ4v) is 3.72. The summed E-state index contributed by atoms with van der Waals surface area (Å²) < 4.78 is 7.82. The van der Waals surface area contributed by atoms with Crippen LogP contribution in [0, 0.1) is 0 Å². The van der Waals surface area contributed by atoms with Gasteiger partial charge in [-0.15, -0.1) is 0 Å². The van der Waals surface area contributed by atoms with Crippen LogP contribution >= 0.6 is 23.2 Å². The van der Waals surface area contributed by atoms with E-state index in [2.05, 4.69) is 19.9 Å². The summed E-state index contributed by atoms with van der Waals surface area (Å²) in [4.78, 5) is 20.7. The highest BCUT2D eigenvalue weighted by Gasteiger charge is 2.12. The van der Waals surface area contributed by atoms with E-state index in [-0.39, 0.29) is 5.91 Å². The van der Waals surface area contributed by atoms with Crippen LogP contribution in [0.4, 0.5) is 0 Å². The number of oxazole rings is 1. The Balaban J connectivity index is 1.22. The van der Waals surface area contributed by atoms with E-state index in [0.29, 0.717) is 41.1 Å². The third kappa shape index (κ3) is 4.83. The first-order valence-electron chi connectivity index (χ1n) is 9.67. The van der Waals surface area contributed by atoms with E-state index < -0.39 is 0 Å². The van der Waals surface area contributed by atoms with Crippen LogP contribution in [0.1, 0.15) is 18.7 Å². The lowest BCUT2D eigenvalue weighted by atomic mass is 10.2. The zero-order valence-corrected chi connectivity index (χ0v) is 17.7. The van der Waals surface area contributed by atoms with Crippen LogP contribution in [0.5, 0.6) is 0 Å². The molecule has 0 spiro atoms. The molecule has 2 aromatic heterocycles. The molecule has 4 rings (SSSR count). The van der Waals surface area contributed by atoms with E-state index >= 15 is 0 Å². The number of hydrogen-bond acceptors (Lipinski definition) is 4. The molecule has 30 heavy (non-hydrogen) atoms. The van der Waals surface area contributed by atoms with Gasteiger partial charge in [-0.25, -0.2) is 9.97 Å². The Labute approximate surface area is 183 Å². The molecule has 0 aliphatic rings. The molecule has 6 nitrogen and oxygen atoms in total. The van der Waals surface area contributed by atoms with Crippen LogP contribution in [0.3, 0.4) is 0 Å². The van der Waals surface area contributed by atoms with Gasteiger partial charge in [0, 0.05) is 36.5 Å². The van der Waals surface area contributed by atoms with Crippen LogP contribution in [-0.4, -0.2) is 27.0 Å². The van der Waals surface area contributed by atoms with Crippen LogP contribution in [0.2, 0.25) is 10.0 Å². The summed E-state index contributed by atoms with van der Waals surface area (Å²) in [5.41, 5.74) is 2.80. The fourth-order valence-electron chi connectivity index (χ4n) is 3.21. The number of benzene rings is 2. The van der Waals surface area contributed by atoms with Crippen molar-refractivity contribution in [1.29, 1.82) is 0 Å². The summed E-state index contributed by atoms with van der Waals surface area (Å²) in [6, 6.07) is 13.2. The molecule has 0 aliphatic carbocycles. The smallest absolute Gasteiger partial charge is 0.220 e. The van der Waals surface area contributed by atoms with Gasteiger partial charge in [0.2, 0.25) is 5.91 Å². The molecule has 0 fully saturated rings. The van der Waals surface area contributed by atoms with Crippen molar-refractivity contribution in [3.63, 3.8) is 0 Å². The minimum atomic E-state index is -0.0326. The summed E-state index contributed by atoms with van der Waals surface area (Å²) in [5.74, 6) is 1.02. The quantitative estimate of drug-likeness (QED) is 0.383. The van der Waals surface area contributed by atoms with Crippen molar-refractivity contribution < 1.29 is 9.21 Å². The molecule has 2 aromatic carbocycles. The van der Waals surface area contributed by atoms with Crippen molar-refractivity contribution in [2.24, 2.45) is 0 Å². The number of para-hydroxylation sites is 2. The van der Waals surface area contributed by atoms with E-state index in [1.54, 1.807) is 24.4 Å². The van der Waals surface area contributed by atoms with Crippen molar-refractivity contribution in [3.8, 4) is 11.3 Å². The predicted molar refractivity (Wildman–Crippen MR) is 118 cm³/mol. The van der Waals surface area contributed by atoms with Crippen molar-refractivity contribution in [2.45, 2.75) is 25.8 Å². The van der Waals surface area contributed by atoms with E-state index in [4.69, 9.17) is 27.6 Å². The number of rotatable bonds is 8. The molecule has 2 heterocycles. The van der Waals surface area contributed by atoms with Gasteiger partial charge in [-0.3, -0.25) is 4.79 Å². The summed E-state index contributed by atoms with van der Waals surface area (Å²) in [6.07, 6.45) is 4.99. The van der Waals surface area contributed by atoms with Gasteiger partial charge < -0.3 is 14.3 Å². The largest absolute Gasteiger partial charge is 0.441 e. The summed E-state index contributed by atoms with van der Waals surface area (Å²) >= 11 is 12.1. The van der Waals surface area contributed by atoms with Crippen molar-refractivity contribution in [3.05, 3.63) is 70.9 Å². The second-order valence-electron chi connectivity index (χ2n) is 6.87. The van der Waals surface area contributed by atoms with Gasteiger partial charge in [-0.1, -0.05) is 35.3 Å². The zero-order chi connectivity index (χ0) is 20.9. The Bertz CT molecular complexity index is 1170. The number of hydrogen-bond donors (Lipinski definition) is 1. The van der Waals surface area contributed by atoms with Crippen LogP contribution < -0.4 is 5.32 Å². The Hall–Kier alpha value is -2.83. The molecule has 0 unspecified atom stereocenters. The second-order valence-corrected chi connectivity index (χ2v) is 7.72. The molecule has 4 aromatic rings. The number of carbonyl (C=O) groups excluding carboxylic acids is 1. The van der Waals surface area contributed by atoms with Gasteiger partial charge >= 0.3 is 0 Å². The summed E-state index contributed by atoms with van der Waals surface area (Å²) in [6.45, 7) is 1.40. The number of fused-ring (bicyclic) bond motifs is 1. The Kier molecular flexibility index (Phi) is 6.35. The van der Waals surface area contributed by atoms with Crippen LogP contribution in [0.25, 0.3) is 22.4 Å². The maximum atomic E-state index is 12.1. The van der Waals surface area contributed by atoms with E-state index in [1.165, 1.54) is 0 Å². The molecule has 0 saturated heterocycles. The van der Waals surface area contributed by atoms with Gasteiger partial charge in [-0.05, 0) is 36.8 Å². The number of nitrogens with one attached hydrogen (secondary N) is 1. The minimum absolute atomic E-state index is 0.0326. The molecule has 0 radical (unpaired) electrons. The Morgan fingerprint density at radius 2 is 2.00 bits per heavy atom. The normalized spacial score (nSPS) is 11.1. The molecule has 0 saturated carbocycles. The lowest BCUT2D eigenvalue weighted by Crippen LogP contribution is -2.25. The number of halogens is 2. The monoisotopic (exact) mass is 442 g/mol. The lowest BCUT2D eigenvalue weighted by molar-refractivity contribution is -0.121. The van der Waals surface area contributed by atoms with Gasteiger partial charge in [0.15, 0.2) is 11.7 Å². The van der Waals surface area contributed by atoms with Crippen LogP contribution in [-0.2, 0) is 17.8 Å². The maximum absolute atomic E-state index is 12.1. The molecule has 1 N–H and O–H groups in total. The van der Waals surface area contributed by atoms with Crippen molar-refractivity contribution in [2.75, 3.05) is 6.54 Å². The van der Waals surface area contributed by atoms with Gasteiger partial charge in [-0.2, -0.15) is 0 Å². The molecule has 8 heteroatoms. The highest BCUT2D eigenvalue weighted by Crippen LogP contribution is 2.30. The minimum Gasteiger partial charge on any atom is -0.441 e. The first-order chi connectivity index (χ1) is 14.6. The van der Waals surface area contributed by atoms with Gasteiger partial charge in [0.25, 0.3) is 0 Å². The molecule has 154 valence electrons. The number of amides is 1. The van der Waals surface area contributed by atoms with Crippen molar-refractivity contribution in [1.82, 2.24) is 19.9 Å². The Morgan fingerprint density at radius 1 is 1.13 bits per heavy atom. The Morgan fingerprint density at radius 3 is 2.87 bits per heavy atom. The number of aryl methyl sites for hydroxylation is 2. The van der Waals surface area contributed by atoms with Crippen LogP contribution in [0.15, 0.2) is 59.4 Å². The first-order valence-corrected chi connectivity index (χ1v) is 10.4. The standard InChI is InChI=1S/C22H20Cl2N4O2/c23-15-6-7-16(17(24)12-15)20-13-26-22(30-20)9-8-21(29)25-10-3-11-28-14-27-18-4-1-2-5-19(18)28/h1-2,4-7,12-14H,3,8-11H2,(H,25,29). The maximum Gasteiger partial charge on any atom is 0.220 e. The number of imidazole rings is 1. The third-order valence-corrected chi connectivity index (χ3v) is 5.29. The number of carbonyl (C=O) groups is 1. The van der Waals surface area contributed by atoms with Gasteiger partial charge in [0.1, 0.15) is 0 Å². The highest BCUT2D eigenvalue weighted by atomic mass is 35.5. The second kappa shape index (κ2) is 9.32. The SMILES string of the molecule is O=C(CCc1ncc(-c2ccc(Cl)cc2Cl)o1)NCCCn1cnc2ccccc21. The first kappa shape index (κ1) is 20.4. The average molecular weight is 443 g/mol. The molecule has 0 atom stereocenters. The lowest BCUT2D eigenvalue weighted by Gasteiger charge is -2.06. The molecular weight excluding hydrogens is 423 g/mol. The topological polar surface area (TPSA) is 73.0 Å². The number of nitrogens with zero attached hydrogens (tertiary/aromatic N) is 3. The van der Waals surface area contributed by atoms with E-state index in [1.807, 2.05) is 30.6 Å². The van der Waals surface area contributed by atoms with E-state index in [0.717, 1.165) is 29.6 Å². The number of aromatic nitrogens is 3. The molecular formula is C22H20Cl2N4O2. The van der Waals surface area contributed by atoms with Crippen molar-refractivity contribution >= 4 is 40.1 Å². The molecule has 0 bridgehead atoms. The predicted octanol–water partition coefficient (Wildman–Crippen LogP) is 5.14. The molecule has 0 aliphatic heterocycles. The summed E-state index contributed by atoms with van der Waals surface area (Å²) in [5, 5.41) is 3.99. The van der Waals surface area contributed by atoms with Gasteiger partial charge in [0.05, 0.1) is 28.6 Å². The highest BCUT2D eigenvalue weighted by molar-refractivity contribution is 6.36. The third-order valence-electron chi connectivity index (χ3n) is 4.74. The summed E-state index contributed by atoms with van der Waals surface area (Å²) in [7, 11) is 0. The fraction of sp³-hybridized carbons (Fsp3) is 0.227. The zero-order valence-electron chi connectivity index (χ0n) is 16.1. The van der Waals surface area contributed by atoms with E-state index in [9.17, 15) is 4.79 Å². The molecule has 1 amide bonds. The average Bonchev–Trinajstić information content (AvgIpc) is 3.37.